The van der Waals surface area contributed by atoms with E-state index in [2.05, 4.69) is 22.5 Å². The molecule has 0 radical (unpaired) electrons. The number of carbonyl (C=O) groups is 1. The molecule has 0 spiro atoms. The second-order valence-corrected chi connectivity index (χ2v) is 6.35. The van der Waals surface area contributed by atoms with Crippen molar-refractivity contribution in [3.63, 3.8) is 0 Å². The molecule has 1 saturated heterocycles. The molecule has 2 aliphatic carbocycles. The Labute approximate surface area is 134 Å². The molecule has 0 bridgehead atoms. The smallest absolute Gasteiger partial charge is 0.234 e. The molecule has 0 aromatic carbocycles. The van der Waals surface area contributed by atoms with E-state index < -0.39 is 0 Å². The highest BCUT2D eigenvalue weighted by atomic mass is 35.5. The average molecular weight is 324 g/mol. The van der Waals surface area contributed by atoms with E-state index in [9.17, 15) is 4.79 Å². The van der Waals surface area contributed by atoms with Crippen LogP contribution in [0.4, 0.5) is 0 Å². The number of likely N-dealkylation sites (tertiary alicyclic amines) is 1. The first kappa shape index (κ1) is 18.0. The molecule has 1 heterocycles. The van der Waals surface area contributed by atoms with Gasteiger partial charge in [0.2, 0.25) is 5.91 Å². The highest BCUT2D eigenvalue weighted by molar-refractivity contribution is 5.85. The van der Waals surface area contributed by atoms with Crippen molar-refractivity contribution in [2.45, 2.75) is 57.2 Å². The Morgan fingerprint density at radius 1 is 1.20 bits per heavy atom. The molecular formula is C14H27Cl2N3O. The summed E-state index contributed by atoms with van der Waals surface area (Å²) in [4.78, 5) is 14.4. The Kier molecular flexibility index (Phi) is 7.06. The van der Waals surface area contributed by atoms with Gasteiger partial charge in [-0.2, -0.15) is 0 Å². The van der Waals surface area contributed by atoms with Gasteiger partial charge < -0.3 is 10.6 Å². The minimum absolute atomic E-state index is 0. The van der Waals surface area contributed by atoms with Crippen molar-refractivity contribution in [3.05, 3.63) is 0 Å². The average Bonchev–Trinajstić information content (AvgIpc) is 3.21. The zero-order valence-electron chi connectivity index (χ0n) is 12.1. The van der Waals surface area contributed by atoms with Gasteiger partial charge in [-0.15, -0.1) is 24.8 Å². The molecule has 20 heavy (non-hydrogen) atoms. The number of rotatable bonds is 6. The van der Waals surface area contributed by atoms with Gasteiger partial charge >= 0.3 is 0 Å². The summed E-state index contributed by atoms with van der Waals surface area (Å²) >= 11 is 0. The lowest BCUT2D eigenvalue weighted by molar-refractivity contribution is -0.120. The van der Waals surface area contributed by atoms with Crippen LogP contribution in [0.5, 0.6) is 0 Å². The van der Waals surface area contributed by atoms with E-state index in [0.717, 1.165) is 31.5 Å². The Morgan fingerprint density at radius 3 is 2.50 bits per heavy atom. The second kappa shape index (κ2) is 7.83. The predicted molar refractivity (Wildman–Crippen MR) is 85.8 cm³/mol. The number of nitrogens with one attached hydrogen (secondary N) is 2. The standard InChI is InChI=1S/C14H25N3O.2ClH/c1-10-6-12(9-17(10)13-4-5-13)16-14(18)8-15-7-11-2-3-11;;/h10-13,15H,2-9H2,1H3,(H,16,18);2*1H. The van der Waals surface area contributed by atoms with Gasteiger partial charge in [0.05, 0.1) is 6.54 Å². The first-order valence-electron chi connectivity index (χ1n) is 7.48. The number of carbonyl (C=O) groups excluding carboxylic acids is 1. The monoisotopic (exact) mass is 323 g/mol. The molecule has 2 N–H and O–H groups in total. The van der Waals surface area contributed by atoms with Crippen LogP contribution in [-0.2, 0) is 4.79 Å². The van der Waals surface area contributed by atoms with E-state index in [1.54, 1.807) is 0 Å². The number of amides is 1. The molecule has 3 fully saturated rings. The van der Waals surface area contributed by atoms with Crippen LogP contribution in [0.3, 0.4) is 0 Å². The van der Waals surface area contributed by atoms with Gasteiger partial charge in [0, 0.05) is 24.7 Å². The van der Waals surface area contributed by atoms with Gasteiger partial charge in [-0.05, 0) is 51.5 Å². The first-order valence-corrected chi connectivity index (χ1v) is 7.48. The van der Waals surface area contributed by atoms with Gasteiger partial charge in [-0.3, -0.25) is 9.69 Å². The molecule has 0 aromatic rings. The summed E-state index contributed by atoms with van der Waals surface area (Å²) in [6.45, 7) is 4.85. The Morgan fingerprint density at radius 2 is 1.90 bits per heavy atom. The minimum atomic E-state index is 0. The van der Waals surface area contributed by atoms with Crippen LogP contribution in [-0.4, -0.2) is 48.6 Å². The molecular weight excluding hydrogens is 297 g/mol. The van der Waals surface area contributed by atoms with Crippen LogP contribution >= 0.6 is 24.8 Å². The largest absolute Gasteiger partial charge is 0.351 e. The molecule has 4 nitrogen and oxygen atoms in total. The van der Waals surface area contributed by atoms with E-state index in [1.165, 1.54) is 25.7 Å². The lowest BCUT2D eigenvalue weighted by Gasteiger charge is -2.19. The van der Waals surface area contributed by atoms with Crippen molar-refractivity contribution < 1.29 is 4.79 Å². The fourth-order valence-corrected chi connectivity index (χ4v) is 3.07. The predicted octanol–water partition coefficient (Wildman–Crippen LogP) is 1.57. The van der Waals surface area contributed by atoms with Gasteiger partial charge in [0.25, 0.3) is 0 Å². The summed E-state index contributed by atoms with van der Waals surface area (Å²) in [6.07, 6.45) is 6.50. The number of nitrogens with zero attached hydrogens (tertiary/aromatic N) is 1. The Balaban J connectivity index is 0.000001000. The zero-order valence-corrected chi connectivity index (χ0v) is 13.8. The molecule has 2 unspecified atom stereocenters. The van der Waals surface area contributed by atoms with Crippen LogP contribution in [0.25, 0.3) is 0 Å². The lowest BCUT2D eigenvalue weighted by atomic mass is 10.2. The van der Waals surface area contributed by atoms with Crippen molar-refractivity contribution in [1.82, 2.24) is 15.5 Å². The molecule has 3 rings (SSSR count). The summed E-state index contributed by atoms with van der Waals surface area (Å²) in [7, 11) is 0. The van der Waals surface area contributed by atoms with Gasteiger partial charge in [-0.25, -0.2) is 0 Å². The molecule has 3 aliphatic rings. The highest BCUT2D eigenvalue weighted by Crippen LogP contribution is 2.33. The molecule has 6 heteroatoms. The first-order chi connectivity index (χ1) is 8.72. The van der Waals surface area contributed by atoms with Gasteiger partial charge in [0.15, 0.2) is 0 Å². The van der Waals surface area contributed by atoms with Crippen LogP contribution < -0.4 is 10.6 Å². The maximum atomic E-state index is 11.8. The van der Waals surface area contributed by atoms with Gasteiger partial charge in [0.1, 0.15) is 0 Å². The number of hydrogen-bond acceptors (Lipinski definition) is 3. The van der Waals surface area contributed by atoms with Crippen molar-refractivity contribution in [1.29, 1.82) is 0 Å². The van der Waals surface area contributed by atoms with Crippen molar-refractivity contribution in [2.75, 3.05) is 19.6 Å². The second-order valence-electron chi connectivity index (χ2n) is 6.35. The van der Waals surface area contributed by atoms with Gasteiger partial charge in [-0.1, -0.05) is 0 Å². The lowest BCUT2D eigenvalue weighted by Crippen LogP contribution is -2.42. The number of halogens is 2. The Hall–Kier alpha value is -0.0300. The van der Waals surface area contributed by atoms with E-state index in [1.807, 2.05) is 0 Å². The van der Waals surface area contributed by atoms with Crippen molar-refractivity contribution >= 4 is 30.7 Å². The SMILES string of the molecule is CC1CC(NC(=O)CNCC2CC2)CN1C1CC1.Cl.Cl. The van der Waals surface area contributed by atoms with Crippen LogP contribution in [0, 0.1) is 5.92 Å². The fourth-order valence-electron chi connectivity index (χ4n) is 3.07. The third-order valence-electron chi connectivity index (χ3n) is 4.42. The van der Waals surface area contributed by atoms with E-state index in [0.29, 0.717) is 18.6 Å². The highest BCUT2D eigenvalue weighted by Gasteiger charge is 2.39. The molecule has 118 valence electrons. The summed E-state index contributed by atoms with van der Waals surface area (Å²) in [5.41, 5.74) is 0. The summed E-state index contributed by atoms with van der Waals surface area (Å²) < 4.78 is 0. The van der Waals surface area contributed by atoms with E-state index in [-0.39, 0.29) is 30.7 Å². The third-order valence-corrected chi connectivity index (χ3v) is 4.42. The maximum Gasteiger partial charge on any atom is 0.234 e. The number of hydrogen-bond donors (Lipinski definition) is 2. The topological polar surface area (TPSA) is 44.4 Å². The fraction of sp³-hybridized carbons (Fsp3) is 0.929. The summed E-state index contributed by atoms with van der Waals surface area (Å²) in [6, 6.07) is 1.83. The summed E-state index contributed by atoms with van der Waals surface area (Å²) in [5.74, 6) is 1.01. The summed E-state index contributed by atoms with van der Waals surface area (Å²) in [5, 5.41) is 6.43. The van der Waals surface area contributed by atoms with E-state index >= 15 is 0 Å². The molecule has 1 amide bonds. The normalized spacial score (nSPS) is 29.4. The molecule has 1 aliphatic heterocycles. The van der Waals surface area contributed by atoms with Crippen molar-refractivity contribution in [3.8, 4) is 0 Å². The van der Waals surface area contributed by atoms with E-state index in [4.69, 9.17) is 0 Å². The van der Waals surface area contributed by atoms with Crippen LogP contribution in [0.1, 0.15) is 39.0 Å². The van der Waals surface area contributed by atoms with Crippen LogP contribution in [0.2, 0.25) is 0 Å². The van der Waals surface area contributed by atoms with Crippen molar-refractivity contribution in [2.24, 2.45) is 5.92 Å². The molecule has 2 saturated carbocycles. The third kappa shape index (κ3) is 5.06. The maximum absolute atomic E-state index is 11.8. The minimum Gasteiger partial charge on any atom is -0.351 e. The molecule has 0 aromatic heterocycles. The van der Waals surface area contributed by atoms with Crippen LogP contribution in [0.15, 0.2) is 0 Å². The zero-order chi connectivity index (χ0) is 12.5. The quantitative estimate of drug-likeness (QED) is 0.780. The molecule has 2 atom stereocenters. The Bertz CT molecular complexity index is 322.